The minimum atomic E-state index is -6.72. The van der Waals surface area contributed by atoms with Gasteiger partial charge in [0.25, 0.3) is 17.4 Å². The Hall–Kier alpha value is -0.810. The van der Waals surface area contributed by atoms with E-state index in [1.54, 1.807) is 0 Å². The topological polar surface area (TPSA) is 20.2 Å². The van der Waals surface area contributed by atoms with Gasteiger partial charge in [-0.05, 0) is 24.7 Å². The van der Waals surface area contributed by atoms with Crippen LogP contribution < -0.4 is 0 Å². The van der Waals surface area contributed by atoms with Crippen LogP contribution in [0.3, 0.4) is 0 Å². The number of hydrogen-bond acceptors (Lipinski definition) is 1. The molecule has 0 spiro atoms. The van der Waals surface area contributed by atoms with E-state index >= 15 is 22.0 Å². The van der Waals surface area contributed by atoms with Gasteiger partial charge in [-0.15, -0.1) is 0 Å². The maximum Gasteiger partial charge on any atom is 0.426 e. The van der Waals surface area contributed by atoms with E-state index < -0.39 is 77.4 Å². The minimum Gasteiger partial charge on any atom is -0.373 e. The Morgan fingerprint density at radius 3 is 1.50 bits per heavy atom. The number of aliphatic hydroxyl groups is 1. The fourth-order valence-corrected chi connectivity index (χ4v) is 4.32. The van der Waals surface area contributed by atoms with Crippen LogP contribution in [0.5, 0.6) is 0 Å². The molecule has 1 aliphatic rings. The first kappa shape index (κ1) is 29.2. The van der Waals surface area contributed by atoms with Crippen molar-refractivity contribution in [3.63, 3.8) is 0 Å². The van der Waals surface area contributed by atoms with Crippen molar-refractivity contribution in [3.8, 4) is 0 Å². The zero-order valence-corrected chi connectivity index (χ0v) is 18.6. The molecule has 0 aromatic rings. The van der Waals surface area contributed by atoms with Crippen molar-refractivity contribution in [2.45, 2.75) is 103 Å². The lowest BCUT2D eigenvalue weighted by atomic mass is 9.66. The molecule has 0 aromatic heterocycles. The van der Waals surface area contributed by atoms with E-state index in [4.69, 9.17) is 0 Å². The Bertz CT molecular complexity index is 664. The average molecular weight is 494 g/mol. The lowest BCUT2D eigenvalue weighted by Gasteiger charge is -2.48. The summed E-state index contributed by atoms with van der Waals surface area (Å²) in [6, 6.07) is 0. The number of rotatable bonds is 7. The highest BCUT2D eigenvalue weighted by molar-refractivity contribution is 5.23. The summed E-state index contributed by atoms with van der Waals surface area (Å²) in [6.07, 6.45) is -16.7. The molecule has 1 rings (SSSR count). The van der Waals surface area contributed by atoms with Crippen molar-refractivity contribution < 1.29 is 53.4 Å². The Balaban J connectivity index is 3.95. The van der Waals surface area contributed by atoms with Gasteiger partial charge in [0, 0.05) is 11.3 Å². The van der Waals surface area contributed by atoms with Gasteiger partial charge in [0.05, 0.1) is 5.92 Å². The second-order valence-corrected chi connectivity index (χ2v) is 10.1. The van der Waals surface area contributed by atoms with Crippen molar-refractivity contribution in [2.24, 2.45) is 22.7 Å². The molecule has 3 unspecified atom stereocenters. The fourth-order valence-electron chi connectivity index (χ4n) is 4.32. The molecule has 1 fully saturated rings. The Kier molecular flexibility index (Phi) is 7.18. The van der Waals surface area contributed by atoms with Crippen LogP contribution in [-0.4, -0.2) is 40.6 Å². The molecule has 1 saturated carbocycles. The summed E-state index contributed by atoms with van der Waals surface area (Å²) < 4.78 is 158. The van der Waals surface area contributed by atoms with Gasteiger partial charge >= 0.3 is 12.4 Å². The molecule has 32 heavy (non-hydrogen) atoms. The molecule has 1 N–H and O–H groups in total. The lowest BCUT2D eigenvalue weighted by molar-refractivity contribution is -0.406. The van der Waals surface area contributed by atoms with Gasteiger partial charge in [-0.3, -0.25) is 0 Å². The van der Waals surface area contributed by atoms with Crippen molar-refractivity contribution in [3.05, 3.63) is 0 Å². The Labute approximate surface area is 179 Å². The molecular formula is C20H29F11O. The van der Waals surface area contributed by atoms with E-state index in [-0.39, 0.29) is 6.42 Å². The summed E-state index contributed by atoms with van der Waals surface area (Å²) in [7, 11) is 0. The van der Waals surface area contributed by atoms with Crippen molar-refractivity contribution in [1.29, 1.82) is 0 Å². The van der Waals surface area contributed by atoms with E-state index in [0.29, 0.717) is 13.8 Å². The maximum atomic E-state index is 16.1. The van der Waals surface area contributed by atoms with Gasteiger partial charge < -0.3 is 5.11 Å². The Morgan fingerprint density at radius 2 is 1.19 bits per heavy atom. The van der Waals surface area contributed by atoms with Crippen LogP contribution in [0.25, 0.3) is 0 Å². The monoisotopic (exact) mass is 494 g/mol. The molecule has 1 aliphatic carbocycles. The molecule has 0 bridgehead atoms. The van der Waals surface area contributed by atoms with Crippen LogP contribution >= 0.6 is 0 Å². The summed E-state index contributed by atoms with van der Waals surface area (Å²) in [5.41, 5.74) is -14.9. The first-order valence-corrected chi connectivity index (χ1v) is 10.1. The molecular weight excluding hydrogens is 465 g/mol. The third-order valence-corrected chi connectivity index (χ3v) is 7.32. The maximum absolute atomic E-state index is 16.1. The zero-order chi connectivity index (χ0) is 26.0. The molecule has 0 aromatic carbocycles. The van der Waals surface area contributed by atoms with Gasteiger partial charge in [-0.2, -0.15) is 26.3 Å². The molecule has 1 nitrogen and oxygen atoms in total. The molecule has 0 saturated heterocycles. The van der Waals surface area contributed by atoms with Crippen LogP contribution in [0.4, 0.5) is 48.3 Å². The average Bonchev–Trinajstić information content (AvgIpc) is 2.80. The van der Waals surface area contributed by atoms with Crippen LogP contribution in [-0.2, 0) is 0 Å². The summed E-state index contributed by atoms with van der Waals surface area (Å²) in [5, 5.41) is 9.61. The highest BCUT2D eigenvalue weighted by Crippen LogP contribution is 2.70. The Morgan fingerprint density at radius 1 is 0.781 bits per heavy atom. The molecule has 3 atom stereocenters. The third-order valence-electron chi connectivity index (χ3n) is 7.32. The number of halogens is 11. The molecule has 0 heterocycles. The first-order valence-electron chi connectivity index (χ1n) is 10.1. The van der Waals surface area contributed by atoms with Crippen LogP contribution in [0, 0.1) is 22.7 Å². The van der Waals surface area contributed by atoms with Crippen molar-refractivity contribution >= 4 is 0 Å². The molecule has 192 valence electrons. The molecule has 12 heteroatoms. The molecule has 0 radical (unpaired) electrons. The largest absolute Gasteiger partial charge is 0.426 e. The van der Waals surface area contributed by atoms with Crippen molar-refractivity contribution in [1.82, 2.24) is 0 Å². The summed E-state index contributed by atoms with van der Waals surface area (Å²) >= 11 is 0. The first-order chi connectivity index (χ1) is 13.8. The number of hydrogen-bond donors (Lipinski definition) is 1. The minimum absolute atomic E-state index is 0.0986. The smallest absolute Gasteiger partial charge is 0.373 e. The van der Waals surface area contributed by atoms with E-state index in [0.717, 1.165) is 6.92 Å². The normalized spacial score (nSPS) is 28.3. The summed E-state index contributed by atoms with van der Waals surface area (Å²) in [6.45, 7) is 6.71. The fraction of sp³-hybridized carbons (Fsp3) is 1.00. The van der Waals surface area contributed by atoms with Gasteiger partial charge in [0.15, 0.2) is 0 Å². The highest BCUT2D eigenvalue weighted by Gasteiger charge is 2.89. The van der Waals surface area contributed by atoms with E-state index in [9.17, 15) is 31.4 Å². The lowest BCUT2D eigenvalue weighted by Crippen LogP contribution is -2.70. The van der Waals surface area contributed by atoms with Gasteiger partial charge in [0.1, 0.15) is 0 Å². The number of alkyl halides is 11. The summed E-state index contributed by atoms with van der Waals surface area (Å²) in [5.74, 6) is -17.7. The summed E-state index contributed by atoms with van der Waals surface area (Å²) in [4.78, 5) is 0. The van der Waals surface area contributed by atoms with E-state index in [2.05, 4.69) is 0 Å². The SMILES string of the molecule is CCC(C)(C)CC1CC(C(O)(C(F)(F)F)C(F)(F)F)C(F)(F)C1(F)C(F)(F)C(C)(C)CC. The second kappa shape index (κ2) is 7.86. The zero-order valence-electron chi connectivity index (χ0n) is 18.6. The van der Waals surface area contributed by atoms with Gasteiger partial charge in [-0.25, -0.2) is 22.0 Å². The van der Waals surface area contributed by atoms with Gasteiger partial charge in [0.2, 0.25) is 5.67 Å². The highest BCUT2D eigenvalue weighted by atomic mass is 19.4. The molecule has 0 amide bonds. The van der Waals surface area contributed by atoms with Crippen LogP contribution in [0.2, 0.25) is 0 Å². The molecule has 0 aliphatic heterocycles. The van der Waals surface area contributed by atoms with E-state index in [1.165, 1.54) is 20.8 Å². The third kappa shape index (κ3) is 3.89. The second-order valence-electron chi connectivity index (χ2n) is 10.1. The van der Waals surface area contributed by atoms with E-state index in [1.807, 2.05) is 0 Å². The van der Waals surface area contributed by atoms with Crippen molar-refractivity contribution in [2.75, 3.05) is 0 Å². The van der Waals surface area contributed by atoms with Crippen LogP contribution in [0.15, 0.2) is 0 Å². The quantitative estimate of drug-likeness (QED) is 0.359. The van der Waals surface area contributed by atoms with Gasteiger partial charge in [-0.1, -0.05) is 48.0 Å². The standard InChI is InChI=1S/C20H29F11O/c1-7-13(3,4)10-11-9-12(16(32,19(26,27)28)20(29,30)31)17(22,23)15(11,21)18(24,25)14(5,6)8-2/h11-12,32H,7-10H2,1-6H3. The predicted octanol–water partition coefficient (Wildman–Crippen LogP) is 7.72. The van der Waals surface area contributed by atoms with Crippen LogP contribution in [0.1, 0.15) is 67.2 Å². The predicted molar refractivity (Wildman–Crippen MR) is 95.2 cm³/mol.